The van der Waals surface area contributed by atoms with Crippen molar-refractivity contribution in [2.24, 2.45) is 5.92 Å². The molecule has 2 aliphatic heterocycles. The Kier molecular flexibility index (Phi) is 8.70. The molecule has 0 radical (unpaired) electrons. The third-order valence-electron chi connectivity index (χ3n) is 10.4. The summed E-state index contributed by atoms with van der Waals surface area (Å²) in [5.74, 6) is -1.04. The zero-order valence-electron chi connectivity index (χ0n) is 26.9. The molecule has 4 heterocycles. The number of alkyl halides is 3. The number of nitrogens with zero attached hydrogens (tertiary/aromatic N) is 5. The smallest absolute Gasteiger partial charge is 0.416 e. The highest BCUT2D eigenvalue weighted by atomic mass is 35.5. The quantitative estimate of drug-likeness (QED) is 0.300. The van der Waals surface area contributed by atoms with E-state index in [1.165, 1.54) is 6.33 Å². The Morgan fingerprint density at radius 1 is 1.20 bits per heavy atom. The summed E-state index contributed by atoms with van der Waals surface area (Å²) in [5, 5.41) is 22.3. The molecule has 1 spiro atoms. The molecule has 1 saturated heterocycles. The Hall–Kier alpha value is -4.70. The van der Waals surface area contributed by atoms with Gasteiger partial charge in [0.05, 0.1) is 35.2 Å². The molecule has 0 bridgehead atoms. The number of hydrogen-bond acceptors (Lipinski definition) is 8. The zero-order valence-corrected chi connectivity index (χ0v) is 27.7. The SMILES string of the molecule is Cc1n[nH]c(C(=O)N2CCC3(CCc4ncnc(C5=CCOCC5)[nH]n(CC(=O)Nc5ccc(C(F)(F)F)cc5Cl)c(=O)c43)C3CCC32)c1O. The minimum Gasteiger partial charge on any atom is -0.504 e. The van der Waals surface area contributed by atoms with Crippen molar-refractivity contribution in [1.82, 2.24) is 34.8 Å². The highest BCUT2D eigenvalue weighted by molar-refractivity contribution is 6.33. The van der Waals surface area contributed by atoms with Crippen LogP contribution in [0.5, 0.6) is 5.75 Å². The van der Waals surface area contributed by atoms with E-state index in [-0.39, 0.29) is 40.0 Å². The topological polar surface area (TPSA) is 171 Å². The molecule has 3 unspecified atom stereocenters. The predicted octanol–water partition coefficient (Wildman–Crippen LogP) is 4.45. The molecule has 1 aromatic carbocycles. The fraction of sp³-hybridized carbons (Fsp3) is 0.455. The van der Waals surface area contributed by atoms with Crippen LogP contribution in [0.2, 0.25) is 5.02 Å². The highest BCUT2D eigenvalue weighted by Crippen LogP contribution is 2.56. The number of aromatic amines is 2. The number of carbonyl (C=O) groups excluding carboxylic acids is 2. The summed E-state index contributed by atoms with van der Waals surface area (Å²) < 4.78 is 46.2. The number of nitrogens with one attached hydrogen (secondary N) is 3. The van der Waals surface area contributed by atoms with E-state index in [0.717, 1.165) is 34.9 Å². The summed E-state index contributed by atoms with van der Waals surface area (Å²) in [7, 11) is 0. The zero-order chi connectivity index (χ0) is 35.4. The number of aryl methyl sites for hydroxylation is 2. The first-order chi connectivity index (χ1) is 23.9. The summed E-state index contributed by atoms with van der Waals surface area (Å²) in [4.78, 5) is 52.7. The van der Waals surface area contributed by atoms with Gasteiger partial charge in [0.15, 0.2) is 11.4 Å². The van der Waals surface area contributed by atoms with Gasteiger partial charge >= 0.3 is 6.18 Å². The number of benzene rings is 1. The molecule has 2 fully saturated rings. The van der Waals surface area contributed by atoms with Gasteiger partial charge < -0.3 is 20.1 Å². The van der Waals surface area contributed by atoms with Crippen LogP contribution in [0, 0.1) is 12.8 Å². The van der Waals surface area contributed by atoms with E-state index >= 15 is 0 Å². The number of fused-ring (bicyclic) bond motifs is 4. The number of halogens is 4. The molecule has 7 rings (SSSR count). The van der Waals surface area contributed by atoms with Gasteiger partial charge in [-0.2, -0.15) is 18.3 Å². The first kappa shape index (κ1) is 33.8. The lowest BCUT2D eigenvalue weighted by Gasteiger charge is -2.57. The molecule has 17 heteroatoms. The molecule has 4 aliphatic rings. The van der Waals surface area contributed by atoms with Crippen LogP contribution in [-0.2, 0) is 34.1 Å². The molecule has 13 nitrogen and oxygen atoms in total. The summed E-state index contributed by atoms with van der Waals surface area (Å²) >= 11 is 6.11. The van der Waals surface area contributed by atoms with Crippen molar-refractivity contribution >= 4 is 34.7 Å². The fourth-order valence-corrected chi connectivity index (χ4v) is 7.97. The lowest BCUT2D eigenvalue weighted by atomic mass is 9.56. The monoisotopic (exact) mass is 714 g/mol. The first-order valence-electron chi connectivity index (χ1n) is 16.3. The van der Waals surface area contributed by atoms with Crippen molar-refractivity contribution < 1.29 is 32.6 Å². The molecule has 50 heavy (non-hydrogen) atoms. The Morgan fingerprint density at radius 3 is 2.68 bits per heavy atom. The molecule has 2 aromatic heterocycles. The maximum atomic E-state index is 14.8. The molecular weight excluding hydrogens is 681 g/mol. The number of aromatic nitrogens is 6. The first-order valence-corrected chi connectivity index (χ1v) is 16.7. The standard InChI is InChI=1S/C33H34ClF3N8O5/c1-17-28(47)27(42-41-17)31(49)44-11-10-32(20-3-5-24(20)44)9-6-23-26(32)30(48)45(43-29(39-16-38-23)18-7-12-50-13-8-18)15-25(46)40-22-4-2-19(14-21(22)34)33(35,36)37/h2,4,7,14,16,20,24,47H,3,5-6,8-13,15H2,1H3,(H,40,46)(H,41,42)(H,38,39,43). The van der Waals surface area contributed by atoms with Crippen LogP contribution in [0.15, 0.2) is 35.4 Å². The summed E-state index contributed by atoms with van der Waals surface area (Å²) in [6, 6.07) is 2.40. The van der Waals surface area contributed by atoms with E-state index in [0.29, 0.717) is 74.6 Å². The molecule has 4 N–H and O–H groups in total. The minimum absolute atomic E-state index is 0.0279. The fourth-order valence-electron chi connectivity index (χ4n) is 7.74. The van der Waals surface area contributed by atoms with Crippen molar-refractivity contribution in [2.45, 2.75) is 69.6 Å². The van der Waals surface area contributed by atoms with Crippen LogP contribution in [0.1, 0.15) is 70.9 Å². The van der Waals surface area contributed by atoms with E-state index in [4.69, 9.17) is 16.3 Å². The van der Waals surface area contributed by atoms with Gasteiger partial charge in [0.1, 0.15) is 24.4 Å². The van der Waals surface area contributed by atoms with Gasteiger partial charge in [-0.15, -0.1) is 0 Å². The number of likely N-dealkylation sites (tertiary alicyclic amines) is 1. The maximum Gasteiger partial charge on any atom is 0.416 e. The molecule has 2 amide bonds. The summed E-state index contributed by atoms with van der Waals surface area (Å²) in [5.41, 5.74) is -0.0486. The van der Waals surface area contributed by atoms with Crippen molar-refractivity contribution in [3.05, 3.63) is 80.0 Å². The van der Waals surface area contributed by atoms with Gasteiger partial charge in [-0.3, -0.25) is 24.6 Å². The van der Waals surface area contributed by atoms with Crippen molar-refractivity contribution in [1.29, 1.82) is 0 Å². The number of hydrogen-bond donors (Lipinski definition) is 4. The van der Waals surface area contributed by atoms with Crippen LogP contribution >= 0.6 is 11.6 Å². The Morgan fingerprint density at radius 2 is 2.02 bits per heavy atom. The number of rotatable bonds is 5. The lowest BCUT2D eigenvalue weighted by molar-refractivity contribution is -0.137. The number of ether oxygens (including phenoxy) is 1. The number of aromatic hydroxyl groups is 1. The van der Waals surface area contributed by atoms with Gasteiger partial charge in [0, 0.05) is 23.6 Å². The number of H-pyrrole nitrogens is 2. The number of amides is 2. The Labute approximate surface area is 288 Å². The second kappa shape index (κ2) is 12.9. The molecule has 3 atom stereocenters. The normalized spacial score (nSPS) is 22.7. The molecule has 1 saturated carbocycles. The lowest BCUT2D eigenvalue weighted by Crippen LogP contribution is -2.63. The Balaban J connectivity index is 1.27. The van der Waals surface area contributed by atoms with Crippen LogP contribution in [0.3, 0.4) is 0 Å². The second-order valence-corrected chi connectivity index (χ2v) is 13.4. The largest absolute Gasteiger partial charge is 0.504 e. The van der Waals surface area contributed by atoms with Gasteiger partial charge in [0.2, 0.25) is 5.91 Å². The van der Waals surface area contributed by atoms with Crippen molar-refractivity contribution in [2.75, 3.05) is 25.1 Å². The van der Waals surface area contributed by atoms with E-state index in [2.05, 4.69) is 30.6 Å². The van der Waals surface area contributed by atoms with Gasteiger partial charge in [-0.25, -0.2) is 14.6 Å². The van der Waals surface area contributed by atoms with Crippen LogP contribution in [0.4, 0.5) is 18.9 Å². The predicted molar refractivity (Wildman–Crippen MR) is 174 cm³/mol. The van der Waals surface area contributed by atoms with Crippen LogP contribution < -0.4 is 10.9 Å². The van der Waals surface area contributed by atoms with Crippen LogP contribution in [-0.4, -0.2) is 77.6 Å². The average Bonchev–Trinajstić information content (AvgIpc) is 3.60. The average molecular weight is 715 g/mol. The molecule has 3 aromatic rings. The number of carbonyl (C=O) groups is 2. The van der Waals surface area contributed by atoms with Gasteiger partial charge in [-0.05, 0) is 75.1 Å². The van der Waals surface area contributed by atoms with Crippen molar-refractivity contribution in [3.8, 4) is 5.75 Å². The molecule has 2 aliphatic carbocycles. The minimum atomic E-state index is -4.62. The highest BCUT2D eigenvalue weighted by Gasteiger charge is 2.58. The summed E-state index contributed by atoms with van der Waals surface area (Å²) in [6.07, 6.45) is 2.10. The number of anilines is 1. The van der Waals surface area contributed by atoms with E-state index in [1.54, 1.807) is 11.8 Å². The van der Waals surface area contributed by atoms with E-state index in [1.807, 2.05) is 6.08 Å². The van der Waals surface area contributed by atoms with E-state index < -0.39 is 35.2 Å². The van der Waals surface area contributed by atoms with E-state index in [9.17, 15) is 32.7 Å². The number of piperidine rings is 1. The molecular formula is C33H34ClF3N8O5. The molecule has 264 valence electrons. The Bertz CT molecular complexity index is 2020. The maximum absolute atomic E-state index is 14.8. The van der Waals surface area contributed by atoms with Gasteiger partial charge in [-0.1, -0.05) is 17.7 Å². The third-order valence-corrected chi connectivity index (χ3v) is 10.7. The second-order valence-electron chi connectivity index (χ2n) is 13.0. The van der Waals surface area contributed by atoms with Crippen LogP contribution in [0.25, 0.3) is 5.57 Å². The third kappa shape index (κ3) is 5.93. The van der Waals surface area contributed by atoms with Crippen molar-refractivity contribution in [3.63, 3.8) is 0 Å². The van der Waals surface area contributed by atoms with Gasteiger partial charge in [0.25, 0.3) is 11.5 Å². The summed E-state index contributed by atoms with van der Waals surface area (Å²) in [6.45, 7) is 2.14.